The summed E-state index contributed by atoms with van der Waals surface area (Å²) in [5, 5.41) is 20.9. The molecule has 4 heteroatoms. The summed E-state index contributed by atoms with van der Waals surface area (Å²) in [6.07, 6.45) is 5.29. The van der Waals surface area contributed by atoms with Crippen LogP contribution in [0.15, 0.2) is 0 Å². The molecule has 4 saturated carbocycles. The number of Topliss-reactive ketones (excluding diaryl/α,β-unsaturated/α-hetero) is 1. The summed E-state index contributed by atoms with van der Waals surface area (Å²) < 4.78 is 0. The molecule has 0 aromatic carbocycles. The molecule has 0 aliphatic heterocycles. The van der Waals surface area contributed by atoms with Crippen LogP contribution in [-0.2, 0) is 9.59 Å². The monoisotopic (exact) mass is 334 g/mol. The molecule has 0 amide bonds. The molecule has 0 saturated heterocycles. The van der Waals surface area contributed by atoms with Crippen LogP contribution in [0.25, 0.3) is 0 Å². The van der Waals surface area contributed by atoms with Crippen molar-refractivity contribution in [3.05, 3.63) is 0 Å². The molecular formula is C20H30O4. The highest BCUT2D eigenvalue weighted by Crippen LogP contribution is 2.71. The summed E-state index contributed by atoms with van der Waals surface area (Å²) in [6.45, 7) is 6.11. The van der Waals surface area contributed by atoms with Gasteiger partial charge in [0.15, 0.2) is 0 Å². The number of carbonyl (C=O) groups is 2. The van der Waals surface area contributed by atoms with Crippen molar-refractivity contribution in [3.63, 3.8) is 0 Å². The van der Waals surface area contributed by atoms with E-state index in [4.69, 9.17) is 0 Å². The van der Waals surface area contributed by atoms with E-state index in [9.17, 15) is 19.8 Å². The minimum atomic E-state index is -0.724. The average molecular weight is 334 g/mol. The van der Waals surface area contributed by atoms with Gasteiger partial charge in [0.05, 0.1) is 11.5 Å². The van der Waals surface area contributed by atoms with Crippen LogP contribution in [0.3, 0.4) is 0 Å². The number of ketones is 1. The first-order chi connectivity index (χ1) is 11.2. The highest BCUT2D eigenvalue weighted by molar-refractivity contribution is 5.90. The summed E-state index contributed by atoms with van der Waals surface area (Å²) in [5.41, 5.74) is -1.35. The van der Waals surface area contributed by atoms with Gasteiger partial charge in [0, 0.05) is 17.3 Å². The summed E-state index contributed by atoms with van der Waals surface area (Å²) >= 11 is 0. The first kappa shape index (κ1) is 16.6. The molecule has 0 aromatic rings. The van der Waals surface area contributed by atoms with E-state index >= 15 is 0 Å². The van der Waals surface area contributed by atoms with Crippen LogP contribution < -0.4 is 0 Å². The second-order valence-electron chi connectivity index (χ2n) is 9.73. The summed E-state index contributed by atoms with van der Waals surface area (Å²) in [6, 6.07) is 0. The zero-order valence-electron chi connectivity index (χ0n) is 15.0. The maximum Gasteiger partial charge on any atom is 0.309 e. The molecule has 0 unspecified atom stereocenters. The van der Waals surface area contributed by atoms with E-state index in [0.717, 1.165) is 32.1 Å². The molecule has 8 atom stereocenters. The summed E-state index contributed by atoms with van der Waals surface area (Å²) in [7, 11) is 0. The zero-order chi connectivity index (χ0) is 17.5. The Morgan fingerprint density at radius 2 is 1.92 bits per heavy atom. The van der Waals surface area contributed by atoms with Crippen LogP contribution in [0, 0.1) is 39.9 Å². The quantitative estimate of drug-likeness (QED) is 0.772. The Morgan fingerprint density at radius 3 is 2.58 bits per heavy atom. The van der Waals surface area contributed by atoms with Crippen molar-refractivity contribution in [2.24, 2.45) is 39.9 Å². The van der Waals surface area contributed by atoms with E-state index in [0.29, 0.717) is 24.5 Å². The first-order valence-corrected chi connectivity index (χ1v) is 9.62. The van der Waals surface area contributed by atoms with Crippen LogP contribution in [0.4, 0.5) is 0 Å². The van der Waals surface area contributed by atoms with E-state index < -0.39 is 17.5 Å². The maximum atomic E-state index is 13.2. The largest absolute Gasteiger partial charge is 0.481 e. The Balaban J connectivity index is 1.82. The van der Waals surface area contributed by atoms with Gasteiger partial charge >= 0.3 is 5.97 Å². The van der Waals surface area contributed by atoms with Gasteiger partial charge in [-0.25, -0.2) is 0 Å². The number of hydrogen-bond donors (Lipinski definition) is 2. The van der Waals surface area contributed by atoms with Gasteiger partial charge in [0.2, 0.25) is 0 Å². The number of rotatable bonds is 1. The van der Waals surface area contributed by atoms with Gasteiger partial charge in [-0.2, -0.15) is 0 Å². The second kappa shape index (κ2) is 4.84. The van der Waals surface area contributed by atoms with Gasteiger partial charge in [-0.05, 0) is 62.7 Å². The predicted octanol–water partition coefficient (Wildman–Crippen LogP) is 3.27. The molecule has 0 aromatic heterocycles. The predicted molar refractivity (Wildman–Crippen MR) is 89.2 cm³/mol. The van der Waals surface area contributed by atoms with Gasteiger partial charge in [0.25, 0.3) is 0 Å². The van der Waals surface area contributed by atoms with E-state index in [1.165, 1.54) is 0 Å². The molecular weight excluding hydrogens is 304 g/mol. The Labute approximate surface area is 144 Å². The average Bonchev–Trinajstić information content (AvgIpc) is 2.68. The summed E-state index contributed by atoms with van der Waals surface area (Å²) in [5.74, 6) is 0.0239. The van der Waals surface area contributed by atoms with Crippen LogP contribution in [-0.4, -0.2) is 28.1 Å². The van der Waals surface area contributed by atoms with E-state index in [1.807, 2.05) is 13.8 Å². The molecule has 4 aliphatic carbocycles. The Kier molecular flexibility index (Phi) is 3.34. The molecule has 24 heavy (non-hydrogen) atoms. The van der Waals surface area contributed by atoms with Crippen molar-refractivity contribution in [2.75, 3.05) is 0 Å². The number of fused-ring (bicyclic) bond motifs is 3. The third kappa shape index (κ3) is 1.73. The lowest BCUT2D eigenvalue weighted by atomic mass is 9.40. The molecule has 1 spiro atoms. The fraction of sp³-hybridized carbons (Fsp3) is 0.900. The maximum absolute atomic E-state index is 13.2. The molecule has 4 aliphatic rings. The molecule has 4 fully saturated rings. The van der Waals surface area contributed by atoms with Gasteiger partial charge in [-0.15, -0.1) is 0 Å². The summed E-state index contributed by atoms with van der Waals surface area (Å²) in [4.78, 5) is 25.2. The van der Waals surface area contributed by atoms with Crippen LogP contribution in [0.2, 0.25) is 0 Å². The van der Waals surface area contributed by atoms with Crippen LogP contribution >= 0.6 is 0 Å². The molecule has 134 valence electrons. The molecule has 2 bridgehead atoms. The first-order valence-electron chi connectivity index (χ1n) is 9.62. The third-order valence-electron chi connectivity index (χ3n) is 8.82. The van der Waals surface area contributed by atoms with Crippen molar-refractivity contribution in [1.29, 1.82) is 0 Å². The number of carbonyl (C=O) groups excluding carboxylic acids is 1. The van der Waals surface area contributed by atoms with Gasteiger partial charge in [-0.3, -0.25) is 9.59 Å². The molecule has 4 rings (SSSR count). The van der Waals surface area contributed by atoms with E-state index in [2.05, 4.69) is 6.92 Å². The Hall–Kier alpha value is -0.900. The van der Waals surface area contributed by atoms with Gasteiger partial charge in [0.1, 0.15) is 5.78 Å². The SMILES string of the molecule is C[C@H]1C(=O)[C@@]23CC[C@H]4[C@](C)(CCC[C@@]4(C)C(=O)O)[C@@H]2[C@@H](O)C[C@@H]1C3. The number of aliphatic carboxylic acids is 1. The fourth-order valence-corrected chi connectivity index (χ4v) is 7.84. The zero-order valence-corrected chi connectivity index (χ0v) is 15.0. The van der Waals surface area contributed by atoms with Crippen LogP contribution in [0.1, 0.15) is 65.7 Å². The van der Waals surface area contributed by atoms with Crippen molar-refractivity contribution < 1.29 is 19.8 Å². The minimum absolute atomic E-state index is 0.0549. The lowest BCUT2D eigenvalue weighted by molar-refractivity contribution is -0.199. The highest BCUT2D eigenvalue weighted by Gasteiger charge is 2.70. The topological polar surface area (TPSA) is 74.6 Å². The van der Waals surface area contributed by atoms with Gasteiger partial charge < -0.3 is 10.2 Å². The Morgan fingerprint density at radius 1 is 1.21 bits per heavy atom. The minimum Gasteiger partial charge on any atom is -0.481 e. The van der Waals surface area contributed by atoms with Crippen molar-refractivity contribution >= 4 is 11.8 Å². The molecule has 2 N–H and O–H groups in total. The van der Waals surface area contributed by atoms with Crippen molar-refractivity contribution in [2.45, 2.75) is 71.8 Å². The van der Waals surface area contributed by atoms with E-state index in [1.54, 1.807) is 0 Å². The molecule has 4 nitrogen and oxygen atoms in total. The Bertz CT molecular complexity index is 600. The highest BCUT2D eigenvalue weighted by atomic mass is 16.4. The third-order valence-corrected chi connectivity index (χ3v) is 8.82. The smallest absolute Gasteiger partial charge is 0.309 e. The number of aliphatic hydroxyl groups excluding tert-OH is 1. The number of carboxylic acid groups (broad SMARTS) is 1. The van der Waals surface area contributed by atoms with Crippen molar-refractivity contribution in [3.8, 4) is 0 Å². The van der Waals surface area contributed by atoms with E-state index in [-0.39, 0.29) is 28.6 Å². The number of hydrogen-bond acceptors (Lipinski definition) is 3. The molecule has 0 radical (unpaired) electrons. The normalized spacial score (nSPS) is 56.5. The fourth-order valence-electron chi connectivity index (χ4n) is 7.84. The lowest BCUT2D eigenvalue weighted by Gasteiger charge is -2.63. The van der Waals surface area contributed by atoms with Crippen molar-refractivity contribution in [1.82, 2.24) is 0 Å². The number of aliphatic hydroxyl groups is 1. The molecule has 0 heterocycles. The standard InChI is InChI=1S/C20H30O4/c1-11-12-9-13(21)15-18(2)6-4-7-19(3,17(23)24)14(18)5-8-20(15,10-12)16(11)22/h11-15,21H,4-10H2,1-3H3,(H,23,24)/t11-,12-,13+,14+,15+,18+,19-,20-/m1/s1. The lowest BCUT2D eigenvalue weighted by Crippen LogP contribution is -2.62. The van der Waals surface area contributed by atoms with Crippen LogP contribution in [0.5, 0.6) is 0 Å². The number of carboxylic acids is 1. The van der Waals surface area contributed by atoms with Gasteiger partial charge in [-0.1, -0.05) is 20.3 Å². The second-order valence-corrected chi connectivity index (χ2v) is 9.73.